The minimum atomic E-state index is -0.967. The Bertz CT molecular complexity index is 652. The van der Waals surface area contributed by atoms with Crippen LogP contribution in [0.5, 0.6) is 0 Å². The maximum Gasteiger partial charge on any atom is 0.328 e. The van der Waals surface area contributed by atoms with Crippen molar-refractivity contribution in [3.63, 3.8) is 0 Å². The summed E-state index contributed by atoms with van der Waals surface area (Å²) in [5, 5.41) is 15.2. The molecular formula is C16H14N2O2S. The second-order valence-corrected chi connectivity index (χ2v) is 4.65. The molecule has 0 aromatic heterocycles. The third-order valence-corrected chi connectivity index (χ3v) is 2.82. The fourth-order valence-corrected chi connectivity index (χ4v) is 1.90. The first-order chi connectivity index (χ1) is 10.1. The van der Waals surface area contributed by atoms with E-state index in [0.717, 1.165) is 23.0 Å². The number of benzene rings is 2. The lowest BCUT2D eigenvalue weighted by Gasteiger charge is -2.10. The lowest BCUT2D eigenvalue weighted by atomic mass is 10.2. The first-order valence-electron chi connectivity index (χ1n) is 6.27. The molecule has 0 saturated heterocycles. The van der Waals surface area contributed by atoms with Crippen LogP contribution in [-0.2, 0) is 4.79 Å². The SMILES string of the molecule is O=C(O)/C=C/c1ccc(NC(=S)Nc2ccccc2)cc1. The van der Waals surface area contributed by atoms with Gasteiger partial charge in [-0.3, -0.25) is 0 Å². The molecule has 0 bridgehead atoms. The number of rotatable bonds is 4. The average molecular weight is 298 g/mol. The summed E-state index contributed by atoms with van der Waals surface area (Å²) in [6.45, 7) is 0. The van der Waals surface area contributed by atoms with Crippen LogP contribution < -0.4 is 10.6 Å². The van der Waals surface area contributed by atoms with Gasteiger partial charge in [-0.1, -0.05) is 30.3 Å². The minimum absolute atomic E-state index is 0.495. The smallest absolute Gasteiger partial charge is 0.328 e. The zero-order valence-corrected chi connectivity index (χ0v) is 11.9. The molecule has 0 amide bonds. The van der Waals surface area contributed by atoms with Crippen molar-refractivity contribution in [2.24, 2.45) is 0 Å². The second-order valence-electron chi connectivity index (χ2n) is 4.24. The second kappa shape index (κ2) is 7.21. The third kappa shape index (κ3) is 5.08. The molecule has 3 N–H and O–H groups in total. The van der Waals surface area contributed by atoms with Crippen LogP contribution in [0.1, 0.15) is 5.56 Å². The van der Waals surface area contributed by atoms with E-state index in [1.165, 1.54) is 6.08 Å². The number of anilines is 2. The van der Waals surface area contributed by atoms with Gasteiger partial charge in [-0.15, -0.1) is 0 Å². The van der Waals surface area contributed by atoms with Crippen LogP contribution in [0.2, 0.25) is 0 Å². The van der Waals surface area contributed by atoms with E-state index >= 15 is 0 Å². The molecule has 2 rings (SSSR count). The Kier molecular flexibility index (Phi) is 5.06. The predicted octanol–water partition coefficient (Wildman–Crippen LogP) is 3.59. The van der Waals surface area contributed by atoms with Crippen LogP contribution in [0.15, 0.2) is 60.7 Å². The largest absolute Gasteiger partial charge is 0.478 e. The molecule has 0 aliphatic carbocycles. The van der Waals surface area contributed by atoms with E-state index in [9.17, 15) is 4.79 Å². The van der Waals surface area contributed by atoms with Gasteiger partial charge < -0.3 is 15.7 Å². The lowest BCUT2D eigenvalue weighted by Crippen LogP contribution is -2.18. The Balaban J connectivity index is 1.94. The molecule has 0 aliphatic heterocycles. The van der Waals surface area contributed by atoms with Gasteiger partial charge in [0.1, 0.15) is 0 Å². The summed E-state index contributed by atoms with van der Waals surface area (Å²) in [5.74, 6) is -0.967. The summed E-state index contributed by atoms with van der Waals surface area (Å²) in [5.41, 5.74) is 2.55. The van der Waals surface area contributed by atoms with E-state index in [-0.39, 0.29) is 0 Å². The summed E-state index contributed by atoms with van der Waals surface area (Å²) in [6, 6.07) is 16.9. The number of carboxylic acid groups (broad SMARTS) is 1. The van der Waals surface area contributed by atoms with Crippen molar-refractivity contribution in [3.05, 3.63) is 66.2 Å². The van der Waals surface area contributed by atoms with Crippen LogP contribution in [0.3, 0.4) is 0 Å². The van der Waals surface area contributed by atoms with Gasteiger partial charge in [0.15, 0.2) is 5.11 Å². The summed E-state index contributed by atoms with van der Waals surface area (Å²) in [7, 11) is 0. The molecule has 0 spiro atoms. The summed E-state index contributed by atoms with van der Waals surface area (Å²) < 4.78 is 0. The molecule has 5 heteroatoms. The fraction of sp³-hybridized carbons (Fsp3) is 0. The van der Waals surface area contributed by atoms with E-state index in [4.69, 9.17) is 17.3 Å². The maximum absolute atomic E-state index is 10.4. The molecule has 0 fully saturated rings. The van der Waals surface area contributed by atoms with Crippen molar-refractivity contribution in [2.45, 2.75) is 0 Å². The van der Waals surface area contributed by atoms with Gasteiger partial charge in [-0.25, -0.2) is 4.79 Å². The van der Waals surface area contributed by atoms with Gasteiger partial charge in [-0.05, 0) is 48.1 Å². The van der Waals surface area contributed by atoms with Crippen molar-refractivity contribution < 1.29 is 9.90 Å². The fourth-order valence-electron chi connectivity index (χ4n) is 1.66. The van der Waals surface area contributed by atoms with Crippen molar-refractivity contribution in [2.75, 3.05) is 10.6 Å². The van der Waals surface area contributed by atoms with Gasteiger partial charge in [0, 0.05) is 17.5 Å². The number of hydrogen-bond acceptors (Lipinski definition) is 2. The molecule has 106 valence electrons. The van der Waals surface area contributed by atoms with Crippen LogP contribution in [-0.4, -0.2) is 16.2 Å². The Morgan fingerprint density at radius 1 is 0.952 bits per heavy atom. The topological polar surface area (TPSA) is 61.4 Å². The highest BCUT2D eigenvalue weighted by molar-refractivity contribution is 7.80. The number of thiocarbonyl (C=S) groups is 1. The number of nitrogens with one attached hydrogen (secondary N) is 2. The molecule has 0 saturated carbocycles. The average Bonchev–Trinajstić information content (AvgIpc) is 2.47. The molecule has 21 heavy (non-hydrogen) atoms. The maximum atomic E-state index is 10.4. The molecular weight excluding hydrogens is 284 g/mol. The molecule has 4 nitrogen and oxygen atoms in total. The van der Waals surface area contributed by atoms with Gasteiger partial charge in [0.25, 0.3) is 0 Å². The normalized spacial score (nSPS) is 10.3. The van der Waals surface area contributed by atoms with E-state index in [1.807, 2.05) is 54.6 Å². The molecule has 2 aromatic carbocycles. The van der Waals surface area contributed by atoms with Crippen molar-refractivity contribution in [1.29, 1.82) is 0 Å². The summed E-state index contributed by atoms with van der Waals surface area (Å²) in [6.07, 6.45) is 2.64. The van der Waals surface area contributed by atoms with Gasteiger partial charge in [0.2, 0.25) is 0 Å². The quantitative estimate of drug-likeness (QED) is 0.595. The Morgan fingerprint density at radius 3 is 2.10 bits per heavy atom. The van der Waals surface area contributed by atoms with Crippen LogP contribution in [0.25, 0.3) is 6.08 Å². The van der Waals surface area contributed by atoms with Crippen molar-refractivity contribution in [3.8, 4) is 0 Å². The predicted molar refractivity (Wildman–Crippen MR) is 89.4 cm³/mol. The number of para-hydroxylation sites is 1. The first-order valence-corrected chi connectivity index (χ1v) is 6.68. The molecule has 0 heterocycles. The third-order valence-electron chi connectivity index (χ3n) is 2.62. The summed E-state index contributed by atoms with van der Waals surface area (Å²) >= 11 is 5.22. The Labute approximate surface area is 128 Å². The standard InChI is InChI=1S/C16H14N2O2S/c19-15(20)11-8-12-6-9-14(10-7-12)18-16(21)17-13-4-2-1-3-5-13/h1-11H,(H,19,20)(H2,17,18,21)/b11-8+. The number of carbonyl (C=O) groups is 1. The van der Waals surface area contributed by atoms with Crippen LogP contribution in [0.4, 0.5) is 11.4 Å². The number of carboxylic acids is 1. The molecule has 0 radical (unpaired) electrons. The Hall–Kier alpha value is -2.66. The molecule has 0 unspecified atom stereocenters. The van der Waals surface area contributed by atoms with E-state index in [1.54, 1.807) is 0 Å². The van der Waals surface area contributed by atoms with Gasteiger partial charge in [-0.2, -0.15) is 0 Å². The van der Waals surface area contributed by atoms with Crippen LogP contribution in [0, 0.1) is 0 Å². The zero-order chi connectivity index (χ0) is 15.1. The van der Waals surface area contributed by atoms with Crippen molar-refractivity contribution in [1.82, 2.24) is 0 Å². The van der Waals surface area contributed by atoms with Crippen LogP contribution >= 0.6 is 12.2 Å². The van der Waals surface area contributed by atoms with E-state index in [0.29, 0.717) is 5.11 Å². The molecule has 0 atom stereocenters. The van der Waals surface area contributed by atoms with E-state index < -0.39 is 5.97 Å². The number of hydrogen-bond donors (Lipinski definition) is 3. The van der Waals surface area contributed by atoms with Crippen molar-refractivity contribution >= 4 is 40.8 Å². The minimum Gasteiger partial charge on any atom is -0.478 e. The van der Waals surface area contributed by atoms with Gasteiger partial charge >= 0.3 is 5.97 Å². The van der Waals surface area contributed by atoms with E-state index in [2.05, 4.69) is 10.6 Å². The van der Waals surface area contributed by atoms with Gasteiger partial charge in [0.05, 0.1) is 0 Å². The molecule has 2 aromatic rings. The zero-order valence-electron chi connectivity index (χ0n) is 11.1. The lowest BCUT2D eigenvalue weighted by molar-refractivity contribution is -0.131. The number of aliphatic carboxylic acids is 1. The molecule has 0 aliphatic rings. The highest BCUT2D eigenvalue weighted by Crippen LogP contribution is 2.12. The highest BCUT2D eigenvalue weighted by atomic mass is 32.1. The highest BCUT2D eigenvalue weighted by Gasteiger charge is 1.98. The monoisotopic (exact) mass is 298 g/mol. The Morgan fingerprint density at radius 2 is 1.52 bits per heavy atom. The first kappa shape index (κ1) is 14.7. The summed E-state index contributed by atoms with van der Waals surface area (Å²) in [4.78, 5) is 10.4.